The fraction of sp³-hybridized carbons (Fsp3) is 0.333. The molecule has 2 aromatic carbocycles. The van der Waals surface area contributed by atoms with Gasteiger partial charge in [-0.2, -0.15) is 4.98 Å². The van der Waals surface area contributed by atoms with Crippen molar-refractivity contribution in [3.8, 4) is 22.9 Å². The number of amides is 3. The molecule has 11 heteroatoms. The molecule has 0 bridgehead atoms. The second-order valence-corrected chi connectivity index (χ2v) is 8.40. The number of carbonyl (C=O) groups is 2. The van der Waals surface area contributed by atoms with E-state index in [0.717, 1.165) is 12.8 Å². The van der Waals surface area contributed by atoms with Gasteiger partial charge in [-0.15, -0.1) is 0 Å². The van der Waals surface area contributed by atoms with Gasteiger partial charge in [-0.1, -0.05) is 5.16 Å². The number of piperidine rings is 1. The van der Waals surface area contributed by atoms with Crippen LogP contribution >= 0.6 is 0 Å². The summed E-state index contributed by atoms with van der Waals surface area (Å²) in [6, 6.07) is 10.3. The number of fused-ring (bicyclic) bond motifs is 1. The summed E-state index contributed by atoms with van der Waals surface area (Å²) in [5, 5.41) is 9.00. The molecular weight excluding hydrogens is 457 g/mol. The lowest BCUT2D eigenvalue weighted by Gasteiger charge is -2.30. The second kappa shape index (κ2) is 10.1. The number of ether oxygens (including phenoxy) is 2. The summed E-state index contributed by atoms with van der Waals surface area (Å²) in [5.41, 5.74) is 1.16. The molecule has 1 atom stereocenters. The highest BCUT2D eigenvalue weighted by Crippen LogP contribution is 2.32. The minimum absolute atomic E-state index is 0.0372. The van der Waals surface area contributed by atoms with Crippen LogP contribution in [-0.4, -0.2) is 59.8 Å². The number of nitrogens with one attached hydrogen (secondary N) is 2. The van der Waals surface area contributed by atoms with Crippen molar-refractivity contribution in [3.05, 3.63) is 54.2 Å². The van der Waals surface area contributed by atoms with E-state index < -0.39 is 11.9 Å². The zero-order valence-corrected chi connectivity index (χ0v) is 18.8. The minimum Gasteiger partial charge on any atom is -0.486 e. The Labute approximate surface area is 200 Å². The van der Waals surface area contributed by atoms with Crippen molar-refractivity contribution in [2.24, 2.45) is 0 Å². The van der Waals surface area contributed by atoms with Crippen LogP contribution in [0, 0.1) is 5.82 Å². The largest absolute Gasteiger partial charge is 0.486 e. The van der Waals surface area contributed by atoms with Crippen molar-refractivity contribution in [2.45, 2.75) is 18.8 Å². The zero-order chi connectivity index (χ0) is 24.2. The molecule has 0 radical (unpaired) electrons. The van der Waals surface area contributed by atoms with Crippen molar-refractivity contribution in [1.82, 2.24) is 20.4 Å². The number of aromatic nitrogens is 2. The summed E-state index contributed by atoms with van der Waals surface area (Å²) < 4.78 is 29.6. The highest BCUT2D eigenvalue weighted by atomic mass is 19.1. The Kier molecular flexibility index (Phi) is 6.57. The molecule has 2 N–H and O–H groups in total. The third-order valence-electron chi connectivity index (χ3n) is 5.82. The third-order valence-corrected chi connectivity index (χ3v) is 5.82. The van der Waals surface area contributed by atoms with Crippen LogP contribution in [0.2, 0.25) is 0 Å². The minimum atomic E-state index is -0.624. The first-order valence-corrected chi connectivity index (χ1v) is 11.4. The van der Waals surface area contributed by atoms with Gasteiger partial charge in [-0.3, -0.25) is 15.0 Å². The third kappa shape index (κ3) is 5.57. The Hall–Kier alpha value is -3.99. The van der Waals surface area contributed by atoms with Crippen LogP contribution in [-0.2, 0) is 4.79 Å². The van der Waals surface area contributed by atoms with Crippen LogP contribution in [0.25, 0.3) is 11.4 Å². The van der Waals surface area contributed by atoms with Crippen LogP contribution in [0.4, 0.5) is 14.9 Å². The first kappa shape index (κ1) is 22.8. The number of urea groups is 1. The van der Waals surface area contributed by atoms with E-state index in [2.05, 4.69) is 20.8 Å². The van der Waals surface area contributed by atoms with Gasteiger partial charge in [0.2, 0.25) is 17.6 Å². The first-order valence-electron chi connectivity index (χ1n) is 11.4. The number of rotatable bonds is 5. The Morgan fingerprint density at radius 2 is 1.89 bits per heavy atom. The quantitative estimate of drug-likeness (QED) is 0.571. The lowest BCUT2D eigenvalue weighted by atomic mass is 9.98. The van der Waals surface area contributed by atoms with Gasteiger partial charge < -0.3 is 19.3 Å². The van der Waals surface area contributed by atoms with Crippen molar-refractivity contribution >= 4 is 17.6 Å². The van der Waals surface area contributed by atoms with E-state index in [1.807, 2.05) is 4.90 Å². The molecule has 0 spiro atoms. The molecule has 1 fully saturated rings. The highest BCUT2D eigenvalue weighted by molar-refractivity contribution is 6.01. The number of carbonyl (C=O) groups excluding carboxylic acids is 2. The van der Waals surface area contributed by atoms with E-state index in [1.54, 1.807) is 30.3 Å². The number of nitrogens with zero attached hydrogens (tertiary/aromatic N) is 3. The maximum Gasteiger partial charge on any atom is 0.325 e. The van der Waals surface area contributed by atoms with Gasteiger partial charge in [0.25, 0.3) is 0 Å². The normalized spacial score (nSPS) is 17.6. The lowest BCUT2D eigenvalue weighted by molar-refractivity contribution is -0.121. The Balaban J connectivity index is 1.13. The van der Waals surface area contributed by atoms with Crippen LogP contribution in [0.5, 0.6) is 11.5 Å². The number of anilines is 1. The summed E-state index contributed by atoms with van der Waals surface area (Å²) in [6.07, 6.45) is 1.68. The molecule has 0 aliphatic carbocycles. The van der Waals surface area contributed by atoms with Gasteiger partial charge in [0.1, 0.15) is 19.0 Å². The molecule has 182 valence electrons. The number of hydrogen-bond donors (Lipinski definition) is 2. The Morgan fingerprint density at radius 1 is 1.09 bits per heavy atom. The van der Waals surface area contributed by atoms with Crippen molar-refractivity contribution in [2.75, 3.05) is 38.2 Å². The molecule has 1 unspecified atom stereocenters. The van der Waals surface area contributed by atoms with Gasteiger partial charge in [0.05, 0.1) is 12.5 Å². The molecule has 1 aromatic heterocycles. The summed E-state index contributed by atoms with van der Waals surface area (Å²) in [4.78, 5) is 31.2. The SMILES string of the molecule is O=C(CN1CCCC(c2nc(-c3ccc(F)cc3)no2)C1)NC(=O)Nc1ccc2c(c1)OCCO2. The number of imide groups is 1. The predicted molar refractivity (Wildman–Crippen MR) is 123 cm³/mol. The average Bonchev–Trinajstić information content (AvgIpc) is 3.35. The fourth-order valence-corrected chi connectivity index (χ4v) is 4.17. The molecule has 2 aliphatic rings. The molecular formula is C24H24FN5O5. The van der Waals surface area contributed by atoms with Crippen LogP contribution in [0.3, 0.4) is 0 Å². The molecule has 1 saturated heterocycles. The van der Waals surface area contributed by atoms with Crippen molar-refractivity contribution < 1.29 is 28.0 Å². The molecule has 3 aromatic rings. The number of benzene rings is 2. The number of hydrogen-bond acceptors (Lipinski definition) is 8. The van der Waals surface area contributed by atoms with Gasteiger partial charge in [0, 0.05) is 23.9 Å². The van der Waals surface area contributed by atoms with E-state index in [9.17, 15) is 14.0 Å². The monoisotopic (exact) mass is 481 g/mol. The van der Waals surface area contributed by atoms with Crippen LogP contribution < -0.4 is 20.1 Å². The van der Waals surface area contributed by atoms with Crippen LogP contribution in [0.15, 0.2) is 47.0 Å². The fourth-order valence-electron chi connectivity index (χ4n) is 4.17. The van der Waals surface area contributed by atoms with Gasteiger partial charge in [0.15, 0.2) is 11.5 Å². The molecule has 10 nitrogen and oxygen atoms in total. The topological polar surface area (TPSA) is 119 Å². The van der Waals surface area contributed by atoms with E-state index >= 15 is 0 Å². The lowest BCUT2D eigenvalue weighted by Crippen LogP contribution is -2.44. The Bertz CT molecular complexity index is 1220. The predicted octanol–water partition coefficient (Wildman–Crippen LogP) is 3.17. The van der Waals surface area contributed by atoms with E-state index in [-0.39, 0.29) is 18.3 Å². The number of likely N-dealkylation sites (tertiary alicyclic amines) is 1. The molecule has 5 rings (SSSR count). The standard InChI is InChI=1S/C24H24FN5O5/c25-17-5-3-15(4-6-17)22-28-23(35-29-22)16-2-1-9-30(13-16)14-21(31)27-24(32)26-18-7-8-19-20(12-18)34-11-10-33-19/h3-8,12,16H,1-2,9-11,13-14H2,(H2,26,27,31,32). The summed E-state index contributed by atoms with van der Waals surface area (Å²) in [6.45, 7) is 2.24. The molecule has 2 aliphatic heterocycles. The van der Waals surface area contributed by atoms with E-state index in [0.29, 0.717) is 60.8 Å². The number of halogens is 1. The van der Waals surface area contributed by atoms with Gasteiger partial charge >= 0.3 is 6.03 Å². The van der Waals surface area contributed by atoms with Crippen molar-refractivity contribution in [3.63, 3.8) is 0 Å². The molecule has 35 heavy (non-hydrogen) atoms. The van der Waals surface area contributed by atoms with E-state index in [1.165, 1.54) is 12.1 Å². The van der Waals surface area contributed by atoms with Gasteiger partial charge in [-0.05, 0) is 55.8 Å². The van der Waals surface area contributed by atoms with E-state index in [4.69, 9.17) is 14.0 Å². The average molecular weight is 481 g/mol. The molecule has 3 amide bonds. The van der Waals surface area contributed by atoms with Crippen LogP contribution in [0.1, 0.15) is 24.7 Å². The molecule has 0 saturated carbocycles. The maximum atomic E-state index is 13.2. The smallest absolute Gasteiger partial charge is 0.325 e. The summed E-state index contributed by atoms with van der Waals surface area (Å²) in [5.74, 6) is 1.24. The van der Waals surface area contributed by atoms with Crippen molar-refractivity contribution in [1.29, 1.82) is 0 Å². The zero-order valence-electron chi connectivity index (χ0n) is 18.8. The first-order chi connectivity index (χ1) is 17.0. The highest BCUT2D eigenvalue weighted by Gasteiger charge is 2.27. The Morgan fingerprint density at radius 3 is 2.71 bits per heavy atom. The summed E-state index contributed by atoms with van der Waals surface area (Å²) in [7, 11) is 0. The maximum absolute atomic E-state index is 13.2. The summed E-state index contributed by atoms with van der Waals surface area (Å²) >= 11 is 0. The van der Waals surface area contributed by atoms with Gasteiger partial charge in [-0.25, -0.2) is 9.18 Å². The molecule has 3 heterocycles. The second-order valence-electron chi connectivity index (χ2n) is 8.40.